The molecule has 106 valence electrons. The molecule has 0 amide bonds. The Labute approximate surface area is 150 Å². The van der Waals surface area contributed by atoms with Crippen LogP contribution in [-0.4, -0.2) is 0 Å². The minimum Gasteiger partial charge on any atom is -0.454 e. The fourth-order valence-corrected chi connectivity index (χ4v) is 2.82. The smallest absolute Gasteiger partial charge is 0.167 e. The normalized spacial score (nSPS) is 10.8. The van der Waals surface area contributed by atoms with Crippen molar-refractivity contribution >= 4 is 81.2 Å². The van der Waals surface area contributed by atoms with Crippen LogP contribution in [0.5, 0.6) is 11.5 Å². The zero-order valence-corrected chi connectivity index (χ0v) is 14.6. The van der Waals surface area contributed by atoms with Crippen LogP contribution < -0.4 is 4.74 Å². The average molecular weight is 411 g/mol. The molecule has 20 heavy (non-hydrogen) atoms. The van der Waals surface area contributed by atoms with E-state index in [4.69, 9.17) is 85.9 Å². The maximum Gasteiger partial charge on any atom is 0.167 e. The fourth-order valence-electron chi connectivity index (χ4n) is 1.33. The maximum atomic E-state index is 6.05. The molecule has 1 nitrogen and oxygen atoms in total. The van der Waals surface area contributed by atoms with Gasteiger partial charge in [-0.15, -0.1) is 0 Å². The van der Waals surface area contributed by atoms with Crippen molar-refractivity contribution in [3.63, 3.8) is 0 Å². The predicted octanol–water partition coefficient (Wildman–Crippen LogP) is 8.05. The van der Waals surface area contributed by atoms with Gasteiger partial charge in [0.1, 0.15) is 15.8 Å². The van der Waals surface area contributed by atoms with Crippen LogP contribution in [0.2, 0.25) is 35.2 Å². The van der Waals surface area contributed by atoms with Crippen molar-refractivity contribution in [3.05, 3.63) is 53.4 Å². The van der Waals surface area contributed by atoms with E-state index in [0.717, 1.165) is 0 Å². The van der Waals surface area contributed by atoms with Gasteiger partial charge in [-0.25, -0.2) is 0 Å². The van der Waals surface area contributed by atoms with E-state index in [-0.39, 0.29) is 30.9 Å². The summed E-state index contributed by atoms with van der Waals surface area (Å²) in [6, 6.07) is 4.67. The molecular formula is C12H3Cl7O. The summed E-state index contributed by atoms with van der Waals surface area (Å²) in [5, 5.41) is 0.987. The number of hydrogen-bond donors (Lipinski definition) is 0. The van der Waals surface area contributed by atoms with Crippen molar-refractivity contribution < 1.29 is 4.74 Å². The number of benzene rings is 2. The Morgan fingerprint density at radius 2 is 1.10 bits per heavy atom. The van der Waals surface area contributed by atoms with Crippen LogP contribution in [0.15, 0.2) is 18.2 Å². The Morgan fingerprint density at radius 3 is 1.60 bits per heavy atom. The molecular weight excluding hydrogens is 408 g/mol. The highest BCUT2D eigenvalue weighted by atomic mass is 35.5. The summed E-state index contributed by atoms with van der Waals surface area (Å²) in [4.78, 5) is 0. The number of rotatable bonds is 2. The molecule has 0 aromatic heterocycles. The van der Waals surface area contributed by atoms with Crippen molar-refractivity contribution in [2.75, 3.05) is 0 Å². The second-order valence-corrected chi connectivity index (χ2v) is 6.28. The molecule has 0 saturated heterocycles. The first-order valence-electron chi connectivity index (χ1n) is 4.97. The summed E-state index contributed by atoms with van der Waals surface area (Å²) < 4.78 is 5.56. The first-order chi connectivity index (χ1) is 9.32. The van der Waals surface area contributed by atoms with Crippen LogP contribution in [0.1, 0.15) is 0 Å². The lowest BCUT2D eigenvalue weighted by molar-refractivity contribution is 0.483. The summed E-state index contributed by atoms with van der Waals surface area (Å²) in [5.41, 5.74) is 0. The first-order valence-corrected chi connectivity index (χ1v) is 7.61. The monoisotopic (exact) mass is 408 g/mol. The third-order valence-corrected chi connectivity index (χ3v) is 5.26. The third-order valence-electron chi connectivity index (χ3n) is 2.28. The molecule has 0 radical (unpaired) electrons. The van der Waals surface area contributed by atoms with Gasteiger partial charge < -0.3 is 4.74 Å². The minimum atomic E-state index is 0.0529. The zero-order chi connectivity index (χ0) is 15.0. The van der Waals surface area contributed by atoms with Gasteiger partial charge in [0.15, 0.2) is 5.75 Å². The highest BCUT2D eigenvalue weighted by Crippen LogP contribution is 2.49. The van der Waals surface area contributed by atoms with Gasteiger partial charge in [0.25, 0.3) is 0 Å². The number of hydrogen-bond acceptors (Lipinski definition) is 1. The summed E-state index contributed by atoms with van der Waals surface area (Å²) >= 11 is 41.6. The molecule has 0 saturated carbocycles. The molecule has 0 spiro atoms. The molecule has 8 heteroatoms. The van der Waals surface area contributed by atoms with E-state index in [1.807, 2.05) is 0 Å². The second kappa shape index (κ2) is 6.58. The lowest BCUT2D eigenvalue weighted by Gasteiger charge is -2.13. The Balaban J connectivity index is 2.51. The van der Waals surface area contributed by atoms with Crippen LogP contribution in [0.25, 0.3) is 0 Å². The van der Waals surface area contributed by atoms with Gasteiger partial charge >= 0.3 is 0 Å². The van der Waals surface area contributed by atoms with E-state index in [2.05, 4.69) is 0 Å². The average Bonchev–Trinajstić information content (AvgIpc) is 2.43. The van der Waals surface area contributed by atoms with Crippen molar-refractivity contribution in [3.8, 4) is 11.5 Å². The summed E-state index contributed by atoms with van der Waals surface area (Å²) in [6.07, 6.45) is 0. The van der Waals surface area contributed by atoms with Gasteiger partial charge in [-0.05, 0) is 12.1 Å². The van der Waals surface area contributed by atoms with E-state index in [9.17, 15) is 0 Å². The topological polar surface area (TPSA) is 9.23 Å². The first kappa shape index (κ1) is 16.6. The molecule has 2 aromatic rings. The molecule has 0 fully saturated rings. The molecule has 0 aliphatic heterocycles. The highest BCUT2D eigenvalue weighted by molar-refractivity contribution is 6.55. The van der Waals surface area contributed by atoms with Crippen LogP contribution in [0, 0.1) is 0 Å². The zero-order valence-electron chi connectivity index (χ0n) is 9.29. The molecule has 0 N–H and O–H groups in total. The molecule has 0 unspecified atom stereocenters. The molecule has 2 aromatic carbocycles. The summed E-state index contributed by atoms with van der Waals surface area (Å²) in [6.45, 7) is 0. The van der Waals surface area contributed by atoms with Gasteiger partial charge in [0.2, 0.25) is 0 Å². The van der Waals surface area contributed by atoms with Gasteiger partial charge in [-0.1, -0.05) is 81.2 Å². The van der Waals surface area contributed by atoms with Crippen LogP contribution in [-0.2, 0) is 0 Å². The molecule has 0 bridgehead atoms. The van der Waals surface area contributed by atoms with Crippen molar-refractivity contribution in [1.29, 1.82) is 0 Å². The van der Waals surface area contributed by atoms with Gasteiger partial charge in [-0.2, -0.15) is 0 Å². The number of halogens is 7. The maximum absolute atomic E-state index is 6.05. The third kappa shape index (κ3) is 3.20. The highest BCUT2D eigenvalue weighted by Gasteiger charge is 2.21. The van der Waals surface area contributed by atoms with Crippen molar-refractivity contribution in [2.45, 2.75) is 0 Å². The van der Waals surface area contributed by atoms with E-state index in [1.165, 1.54) is 6.07 Å². The lowest BCUT2D eigenvalue weighted by atomic mass is 10.3. The summed E-state index contributed by atoms with van der Waals surface area (Å²) in [7, 11) is 0. The Morgan fingerprint density at radius 1 is 0.600 bits per heavy atom. The Kier molecular flexibility index (Phi) is 5.47. The van der Waals surface area contributed by atoms with Crippen LogP contribution in [0.3, 0.4) is 0 Å². The van der Waals surface area contributed by atoms with E-state index in [1.54, 1.807) is 12.1 Å². The second-order valence-electron chi connectivity index (χ2n) is 3.58. The van der Waals surface area contributed by atoms with Gasteiger partial charge in [0.05, 0.1) is 25.1 Å². The predicted molar refractivity (Wildman–Crippen MR) is 88.0 cm³/mol. The SMILES string of the molecule is Clc1ccc(Oc2c(Cl)c(Cl)c(Cl)c(Cl)c2Cl)cc1Cl. The molecule has 0 heterocycles. The fraction of sp³-hybridized carbons (Fsp3) is 0. The van der Waals surface area contributed by atoms with E-state index >= 15 is 0 Å². The molecule has 0 atom stereocenters. The molecule has 2 rings (SSSR count). The molecule has 0 aliphatic rings. The van der Waals surface area contributed by atoms with Crippen LogP contribution in [0.4, 0.5) is 0 Å². The van der Waals surface area contributed by atoms with E-state index < -0.39 is 0 Å². The standard InChI is InChI=1S/C12H3Cl7O/c13-5-2-1-4(3-6(5)14)20-12-10(18)8(16)7(15)9(17)11(12)19/h1-3H. The van der Waals surface area contributed by atoms with Crippen molar-refractivity contribution in [2.24, 2.45) is 0 Å². The summed E-state index contributed by atoms with van der Waals surface area (Å²) in [5.74, 6) is 0.462. The lowest BCUT2D eigenvalue weighted by Crippen LogP contribution is -1.90. The minimum absolute atomic E-state index is 0.0529. The Hall–Kier alpha value is 0.270. The van der Waals surface area contributed by atoms with Crippen molar-refractivity contribution in [1.82, 2.24) is 0 Å². The Bertz CT molecular complexity index is 655. The van der Waals surface area contributed by atoms with E-state index in [0.29, 0.717) is 15.8 Å². The largest absolute Gasteiger partial charge is 0.454 e. The van der Waals surface area contributed by atoms with Gasteiger partial charge in [0, 0.05) is 6.07 Å². The number of ether oxygens (including phenoxy) is 1. The quantitative estimate of drug-likeness (QED) is 0.359. The van der Waals surface area contributed by atoms with Gasteiger partial charge in [-0.3, -0.25) is 0 Å². The molecule has 0 aliphatic carbocycles. The van der Waals surface area contributed by atoms with Crippen LogP contribution >= 0.6 is 81.2 Å².